The van der Waals surface area contributed by atoms with E-state index in [2.05, 4.69) is 23.5 Å². The molecule has 25 heavy (non-hydrogen) atoms. The molecule has 4 nitrogen and oxygen atoms in total. The van der Waals surface area contributed by atoms with Crippen molar-refractivity contribution in [2.24, 2.45) is 17.8 Å². The molecule has 1 aromatic rings. The molecule has 0 bridgehead atoms. The molecular weight excluding hydrogens is 314 g/mol. The standard InChI is InChI=1S/C21H29NO3/c1-13(21(23)24-2)20(15-7-8-15)16-9-6-14-4-3-5-18(17-11-22-12-17)25-19(14)10-16/h6,9-10,13,15,17-18,20,22H,3-5,7-8,11-12H2,1-2H3. The van der Waals surface area contributed by atoms with Crippen molar-refractivity contribution in [2.45, 2.75) is 51.0 Å². The summed E-state index contributed by atoms with van der Waals surface area (Å²) >= 11 is 0. The normalized spacial score (nSPS) is 25.8. The van der Waals surface area contributed by atoms with Crippen LogP contribution in [0.2, 0.25) is 0 Å². The van der Waals surface area contributed by atoms with Gasteiger partial charge in [0.1, 0.15) is 11.9 Å². The van der Waals surface area contributed by atoms with Gasteiger partial charge < -0.3 is 14.8 Å². The number of hydrogen-bond donors (Lipinski definition) is 1. The van der Waals surface area contributed by atoms with E-state index in [0.717, 1.165) is 31.7 Å². The van der Waals surface area contributed by atoms with Crippen LogP contribution in [0.25, 0.3) is 0 Å². The Bertz CT molecular complexity index is 636. The number of hydrogen-bond acceptors (Lipinski definition) is 4. The fraction of sp³-hybridized carbons (Fsp3) is 0.667. The van der Waals surface area contributed by atoms with Crippen molar-refractivity contribution in [3.63, 3.8) is 0 Å². The van der Waals surface area contributed by atoms with E-state index in [0.29, 0.717) is 17.9 Å². The van der Waals surface area contributed by atoms with Crippen LogP contribution in [-0.4, -0.2) is 32.3 Å². The maximum atomic E-state index is 12.1. The zero-order chi connectivity index (χ0) is 17.4. The van der Waals surface area contributed by atoms with E-state index < -0.39 is 0 Å². The van der Waals surface area contributed by atoms with Gasteiger partial charge in [-0.1, -0.05) is 19.1 Å². The van der Waals surface area contributed by atoms with Crippen LogP contribution in [0.3, 0.4) is 0 Å². The minimum absolute atomic E-state index is 0.104. The fourth-order valence-electron chi connectivity index (χ4n) is 4.47. The molecule has 1 aliphatic carbocycles. The van der Waals surface area contributed by atoms with E-state index in [4.69, 9.17) is 9.47 Å². The Balaban J connectivity index is 1.60. The average Bonchev–Trinajstić information content (AvgIpc) is 3.39. The molecule has 2 heterocycles. The molecule has 4 heteroatoms. The maximum absolute atomic E-state index is 12.1. The first-order valence-electron chi connectivity index (χ1n) is 9.75. The lowest BCUT2D eigenvalue weighted by atomic mass is 9.82. The van der Waals surface area contributed by atoms with Crippen LogP contribution in [0.1, 0.15) is 49.7 Å². The minimum atomic E-state index is -0.105. The Morgan fingerprint density at radius 1 is 1.28 bits per heavy atom. The van der Waals surface area contributed by atoms with Crippen molar-refractivity contribution in [3.8, 4) is 5.75 Å². The smallest absolute Gasteiger partial charge is 0.309 e. The molecule has 0 radical (unpaired) electrons. The first kappa shape index (κ1) is 16.9. The summed E-state index contributed by atoms with van der Waals surface area (Å²) < 4.78 is 11.5. The molecule has 3 unspecified atom stereocenters. The molecule has 1 aromatic carbocycles. The van der Waals surface area contributed by atoms with Crippen molar-refractivity contribution < 1.29 is 14.3 Å². The lowest BCUT2D eigenvalue weighted by Crippen LogP contribution is -2.50. The summed E-state index contributed by atoms with van der Waals surface area (Å²) in [6.07, 6.45) is 6.17. The third-order valence-corrected chi connectivity index (χ3v) is 6.27. The molecular formula is C21H29NO3. The SMILES string of the molecule is COC(=O)C(C)C(c1ccc2c(c1)OC(C1CNC1)CCC2)C1CC1. The number of methoxy groups -OCH3 is 1. The Hall–Kier alpha value is -1.55. The summed E-state index contributed by atoms with van der Waals surface area (Å²) in [6, 6.07) is 6.67. The van der Waals surface area contributed by atoms with Crippen LogP contribution in [0.4, 0.5) is 0 Å². The predicted molar refractivity (Wildman–Crippen MR) is 96.8 cm³/mol. The van der Waals surface area contributed by atoms with E-state index in [1.54, 1.807) is 0 Å². The summed E-state index contributed by atoms with van der Waals surface area (Å²) in [5, 5.41) is 3.36. The molecule has 3 aliphatic rings. The second-order valence-electron chi connectivity index (χ2n) is 8.01. The topological polar surface area (TPSA) is 47.6 Å². The number of carbonyl (C=O) groups is 1. The number of carbonyl (C=O) groups excluding carboxylic acids is 1. The lowest BCUT2D eigenvalue weighted by molar-refractivity contribution is -0.145. The van der Waals surface area contributed by atoms with Crippen LogP contribution in [0, 0.1) is 17.8 Å². The van der Waals surface area contributed by atoms with Crippen molar-refractivity contribution in [2.75, 3.05) is 20.2 Å². The van der Waals surface area contributed by atoms with E-state index in [9.17, 15) is 4.79 Å². The van der Waals surface area contributed by atoms with Gasteiger partial charge in [0.15, 0.2) is 0 Å². The molecule has 1 N–H and O–H groups in total. The summed E-state index contributed by atoms with van der Waals surface area (Å²) in [5.74, 6) is 2.33. The molecule has 2 fully saturated rings. The van der Waals surface area contributed by atoms with E-state index >= 15 is 0 Å². The molecule has 2 aliphatic heterocycles. The molecule has 0 spiro atoms. The van der Waals surface area contributed by atoms with Crippen LogP contribution in [0.15, 0.2) is 18.2 Å². The van der Waals surface area contributed by atoms with E-state index in [1.807, 2.05) is 6.92 Å². The number of fused-ring (bicyclic) bond motifs is 1. The van der Waals surface area contributed by atoms with E-state index in [-0.39, 0.29) is 17.8 Å². The number of esters is 1. The van der Waals surface area contributed by atoms with Gasteiger partial charge in [0.25, 0.3) is 0 Å². The Morgan fingerprint density at radius 3 is 2.72 bits per heavy atom. The maximum Gasteiger partial charge on any atom is 0.309 e. The van der Waals surface area contributed by atoms with Gasteiger partial charge in [0.05, 0.1) is 13.0 Å². The number of benzene rings is 1. The van der Waals surface area contributed by atoms with Gasteiger partial charge in [-0.05, 0) is 61.1 Å². The minimum Gasteiger partial charge on any atom is -0.490 e. The molecule has 1 saturated carbocycles. The number of nitrogens with one attached hydrogen (secondary N) is 1. The van der Waals surface area contributed by atoms with Gasteiger partial charge >= 0.3 is 5.97 Å². The molecule has 3 atom stereocenters. The monoisotopic (exact) mass is 343 g/mol. The number of ether oxygens (including phenoxy) is 2. The molecule has 4 rings (SSSR count). The van der Waals surface area contributed by atoms with Crippen LogP contribution in [-0.2, 0) is 16.0 Å². The number of aryl methyl sites for hydroxylation is 1. The molecule has 0 aromatic heterocycles. The van der Waals surface area contributed by atoms with Crippen LogP contribution in [0.5, 0.6) is 5.75 Å². The van der Waals surface area contributed by atoms with Crippen LogP contribution < -0.4 is 10.1 Å². The third-order valence-electron chi connectivity index (χ3n) is 6.27. The third kappa shape index (κ3) is 3.41. The number of rotatable bonds is 5. The molecule has 0 amide bonds. The zero-order valence-electron chi connectivity index (χ0n) is 15.3. The lowest BCUT2D eigenvalue weighted by Gasteiger charge is -2.34. The largest absolute Gasteiger partial charge is 0.490 e. The second kappa shape index (κ2) is 6.99. The van der Waals surface area contributed by atoms with Gasteiger partial charge in [0, 0.05) is 19.0 Å². The molecule has 1 saturated heterocycles. The fourth-order valence-corrected chi connectivity index (χ4v) is 4.47. The van der Waals surface area contributed by atoms with Crippen molar-refractivity contribution >= 4 is 5.97 Å². The highest BCUT2D eigenvalue weighted by atomic mass is 16.5. The first-order chi connectivity index (χ1) is 12.2. The highest BCUT2D eigenvalue weighted by Crippen LogP contribution is 2.48. The van der Waals surface area contributed by atoms with Gasteiger partial charge in [0.2, 0.25) is 0 Å². The zero-order valence-corrected chi connectivity index (χ0v) is 15.3. The van der Waals surface area contributed by atoms with E-state index in [1.165, 1.54) is 37.5 Å². The Morgan fingerprint density at radius 2 is 2.08 bits per heavy atom. The van der Waals surface area contributed by atoms with Gasteiger partial charge in [-0.2, -0.15) is 0 Å². The summed E-state index contributed by atoms with van der Waals surface area (Å²) in [7, 11) is 1.49. The van der Waals surface area contributed by atoms with Gasteiger partial charge in [-0.25, -0.2) is 0 Å². The Labute approximate surface area is 150 Å². The van der Waals surface area contributed by atoms with Crippen molar-refractivity contribution in [1.82, 2.24) is 5.32 Å². The van der Waals surface area contributed by atoms with Crippen molar-refractivity contribution in [3.05, 3.63) is 29.3 Å². The van der Waals surface area contributed by atoms with Crippen LogP contribution >= 0.6 is 0 Å². The quantitative estimate of drug-likeness (QED) is 0.834. The predicted octanol–water partition coefficient (Wildman–Crippen LogP) is 3.29. The molecule has 136 valence electrons. The summed E-state index contributed by atoms with van der Waals surface area (Å²) in [5.41, 5.74) is 2.56. The van der Waals surface area contributed by atoms with Gasteiger partial charge in [-0.3, -0.25) is 4.79 Å². The highest BCUT2D eigenvalue weighted by molar-refractivity contribution is 5.73. The average molecular weight is 343 g/mol. The Kier molecular flexibility index (Phi) is 4.72. The van der Waals surface area contributed by atoms with Crippen molar-refractivity contribution in [1.29, 1.82) is 0 Å². The first-order valence-corrected chi connectivity index (χ1v) is 9.75. The summed E-state index contributed by atoms with van der Waals surface area (Å²) in [6.45, 7) is 4.15. The second-order valence-corrected chi connectivity index (χ2v) is 8.01. The highest BCUT2D eigenvalue weighted by Gasteiger charge is 2.39. The summed E-state index contributed by atoms with van der Waals surface area (Å²) in [4.78, 5) is 12.1. The van der Waals surface area contributed by atoms with Gasteiger partial charge in [-0.15, -0.1) is 0 Å².